The lowest BCUT2D eigenvalue weighted by molar-refractivity contribution is 0.114. The van der Waals surface area contributed by atoms with Gasteiger partial charge in [-0.05, 0) is 42.4 Å². The predicted octanol–water partition coefficient (Wildman–Crippen LogP) is 3.70. The molecule has 0 spiro atoms. The van der Waals surface area contributed by atoms with Crippen molar-refractivity contribution in [1.29, 1.82) is 0 Å². The first-order valence-corrected chi connectivity index (χ1v) is 14.6. The molecule has 0 saturated carbocycles. The van der Waals surface area contributed by atoms with Crippen LogP contribution in [0.2, 0.25) is 0 Å². The zero-order valence-electron chi connectivity index (χ0n) is 25.0. The Morgan fingerprint density at radius 1 is 1.07 bits per heavy atom. The number of likely N-dealkylation sites (N-methyl/N-ethyl adjacent to an activating group) is 1. The first-order valence-electron chi connectivity index (χ1n) is 13.7. The number of ether oxygens (including phenoxy) is 1. The number of nitrogens with one attached hydrogen (secondary N) is 2. The molecule has 236 valence electrons. The summed E-state index contributed by atoms with van der Waals surface area (Å²) in [5, 5.41) is 2.86. The molecule has 0 bridgehead atoms. The van der Waals surface area contributed by atoms with Crippen LogP contribution in [0.3, 0.4) is 0 Å². The molecule has 0 aliphatic carbocycles. The molecule has 5 rings (SSSR count). The van der Waals surface area contributed by atoms with E-state index in [-0.39, 0.29) is 28.3 Å². The van der Waals surface area contributed by atoms with Crippen molar-refractivity contribution < 1.29 is 23.1 Å². The molecule has 0 aliphatic heterocycles. The van der Waals surface area contributed by atoms with E-state index in [0.717, 1.165) is 16.7 Å². The number of rotatable bonds is 11. The van der Waals surface area contributed by atoms with E-state index in [1.165, 1.54) is 39.8 Å². The molecule has 2 N–H and O–H groups in total. The Morgan fingerprint density at radius 3 is 2.40 bits per heavy atom. The maximum atomic E-state index is 14.9. The summed E-state index contributed by atoms with van der Waals surface area (Å²) in [6.07, 6.45) is 3.04. The maximum Gasteiger partial charge on any atom is 0.343 e. The van der Waals surface area contributed by atoms with Gasteiger partial charge in [0, 0.05) is 55.8 Å². The number of carbonyl (C=O) groups is 1. The monoisotopic (exact) mass is 639 g/mol. The van der Waals surface area contributed by atoms with E-state index in [4.69, 9.17) is 4.74 Å². The topological polar surface area (TPSA) is 125 Å². The summed E-state index contributed by atoms with van der Waals surface area (Å²) in [4.78, 5) is 52.0. The number of halogens is 2. The SMILES string of the molecule is COCCN(C)Cc1c(-c2ccc(NC(=O)NOC)cc2)sc2c1c(=O)n(-c1nccn1C)c(=O)n2Cc1c(F)cccc1F. The van der Waals surface area contributed by atoms with Crippen molar-refractivity contribution in [2.75, 3.05) is 39.7 Å². The number of hydrogen-bond donors (Lipinski definition) is 2. The first-order chi connectivity index (χ1) is 21.6. The molecular formula is C30H31F2N7O5S. The Morgan fingerprint density at radius 2 is 1.78 bits per heavy atom. The number of hydrogen-bond acceptors (Lipinski definition) is 8. The number of aromatic nitrogens is 4. The third-order valence-electron chi connectivity index (χ3n) is 7.15. The van der Waals surface area contributed by atoms with Gasteiger partial charge in [-0.15, -0.1) is 11.3 Å². The summed E-state index contributed by atoms with van der Waals surface area (Å²) in [7, 11) is 6.42. The van der Waals surface area contributed by atoms with Crippen LogP contribution < -0.4 is 22.0 Å². The van der Waals surface area contributed by atoms with Crippen molar-refractivity contribution in [3.63, 3.8) is 0 Å². The van der Waals surface area contributed by atoms with Gasteiger partial charge in [-0.3, -0.25) is 19.1 Å². The van der Waals surface area contributed by atoms with Crippen molar-refractivity contribution in [1.82, 2.24) is 29.1 Å². The van der Waals surface area contributed by atoms with Crippen molar-refractivity contribution in [3.8, 4) is 16.4 Å². The van der Waals surface area contributed by atoms with Gasteiger partial charge >= 0.3 is 11.7 Å². The van der Waals surface area contributed by atoms with Gasteiger partial charge in [-0.1, -0.05) is 18.2 Å². The highest BCUT2D eigenvalue weighted by Crippen LogP contribution is 2.38. The lowest BCUT2D eigenvalue weighted by Crippen LogP contribution is -2.40. The lowest BCUT2D eigenvalue weighted by Gasteiger charge is -2.17. The fourth-order valence-corrected chi connectivity index (χ4v) is 6.24. The molecule has 3 aromatic heterocycles. The van der Waals surface area contributed by atoms with Gasteiger partial charge in [0.25, 0.3) is 5.56 Å². The molecule has 2 amide bonds. The normalized spacial score (nSPS) is 11.4. The van der Waals surface area contributed by atoms with Gasteiger partial charge in [0.1, 0.15) is 16.5 Å². The Labute approximate surface area is 260 Å². The molecule has 12 nitrogen and oxygen atoms in total. The molecule has 15 heteroatoms. The number of benzene rings is 2. The van der Waals surface area contributed by atoms with Gasteiger partial charge in [-0.2, -0.15) is 4.57 Å². The maximum absolute atomic E-state index is 14.9. The minimum atomic E-state index is -0.818. The summed E-state index contributed by atoms with van der Waals surface area (Å²) in [6, 6.07) is 9.82. The highest BCUT2D eigenvalue weighted by Gasteiger charge is 2.26. The second-order valence-electron chi connectivity index (χ2n) is 10.2. The zero-order chi connectivity index (χ0) is 32.2. The fraction of sp³-hybridized carbons (Fsp3) is 0.267. The number of imidazole rings is 1. The predicted molar refractivity (Wildman–Crippen MR) is 167 cm³/mol. The highest BCUT2D eigenvalue weighted by atomic mass is 32.1. The second-order valence-corrected chi connectivity index (χ2v) is 11.2. The van der Waals surface area contributed by atoms with Crippen LogP contribution in [0.1, 0.15) is 11.1 Å². The largest absolute Gasteiger partial charge is 0.383 e. The Balaban J connectivity index is 1.78. The molecule has 45 heavy (non-hydrogen) atoms. The number of thiophene rings is 1. The van der Waals surface area contributed by atoms with Crippen LogP contribution in [0.4, 0.5) is 19.3 Å². The van der Waals surface area contributed by atoms with E-state index >= 15 is 0 Å². The number of nitrogens with zero attached hydrogens (tertiary/aromatic N) is 5. The van der Waals surface area contributed by atoms with E-state index in [2.05, 4.69) is 20.6 Å². The molecule has 0 unspecified atom stereocenters. The number of amides is 2. The highest BCUT2D eigenvalue weighted by molar-refractivity contribution is 7.22. The smallest absolute Gasteiger partial charge is 0.343 e. The van der Waals surface area contributed by atoms with Gasteiger partial charge in [0.2, 0.25) is 5.95 Å². The average Bonchev–Trinajstić information content (AvgIpc) is 3.59. The number of anilines is 1. The standard InChI is InChI=1S/C30H31F2N7O5S/c1-36(14-15-43-3)16-21-24-26(40)39(29-33-12-13-37(29)2)30(42)38(17-20-22(31)6-5-7-23(20)32)27(24)45-25(21)18-8-10-19(11-9-18)34-28(41)35-44-4/h5-13H,14-17H2,1-4H3,(H2,34,35,41). The fourth-order valence-electron chi connectivity index (χ4n) is 4.93. The van der Waals surface area contributed by atoms with Crippen LogP contribution in [0, 0.1) is 11.6 Å². The van der Waals surface area contributed by atoms with E-state index in [1.807, 2.05) is 11.9 Å². The minimum Gasteiger partial charge on any atom is -0.383 e. The van der Waals surface area contributed by atoms with Crippen LogP contribution in [-0.4, -0.2) is 64.0 Å². The molecule has 0 radical (unpaired) electrons. The van der Waals surface area contributed by atoms with Gasteiger partial charge in [0.15, 0.2) is 0 Å². The van der Waals surface area contributed by atoms with Crippen LogP contribution in [0.25, 0.3) is 26.6 Å². The van der Waals surface area contributed by atoms with Gasteiger partial charge < -0.3 is 14.6 Å². The Bertz CT molecular complexity index is 1950. The van der Waals surface area contributed by atoms with E-state index in [1.54, 1.807) is 44.6 Å². The van der Waals surface area contributed by atoms with E-state index in [0.29, 0.717) is 34.8 Å². The summed E-state index contributed by atoms with van der Waals surface area (Å²) in [5.74, 6) is -1.57. The number of aryl methyl sites for hydroxylation is 1. The van der Waals surface area contributed by atoms with E-state index < -0.39 is 35.5 Å². The number of fused-ring (bicyclic) bond motifs is 1. The lowest BCUT2D eigenvalue weighted by atomic mass is 10.1. The third-order valence-corrected chi connectivity index (χ3v) is 8.46. The summed E-state index contributed by atoms with van der Waals surface area (Å²) < 4.78 is 38.7. The van der Waals surface area contributed by atoms with Crippen molar-refractivity contribution in [2.24, 2.45) is 7.05 Å². The first kappa shape index (κ1) is 31.7. The average molecular weight is 640 g/mol. The molecule has 0 atom stereocenters. The molecule has 0 saturated heterocycles. The van der Waals surface area contributed by atoms with Gasteiger partial charge in [0.05, 0.1) is 25.6 Å². The second kappa shape index (κ2) is 13.5. The third kappa shape index (κ3) is 6.42. The minimum absolute atomic E-state index is 0.0610. The summed E-state index contributed by atoms with van der Waals surface area (Å²) >= 11 is 1.17. The molecular weight excluding hydrogens is 608 g/mol. The van der Waals surface area contributed by atoms with Crippen LogP contribution in [0.5, 0.6) is 0 Å². The van der Waals surface area contributed by atoms with E-state index in [9.17, 15) is 23.2 Å². The Kier molecular flexibility index (Phi) is 9.53. The van der Waals surface area contributed by atoms with Crippen molar-refractivity contribution >= 4 is 33.3 Å². The zero-order valence-corrected chi connectivity index (χ0v) is 25.8. The quantitative estimate of drug-likeness (QED) is 0.211. The molecule has 0 fully saturated rings. The van der Waals surface area contributed by atoms with Crippen LogP contribution in [0.15, 0.2) is 64.4 Å². The van der Waals surface area contributed by atoms with Crippen LogP contribution >= 0.6 is 11.3 Å². The summed E-state index contributed by atoms with van der Waals surface area (Å²) in [5.41, 5.74) is 2.26. The molecule has 5 aromatic rings. The number of urea groups is 1. The summed E-state index contributed by atoms with van der Waals surface area (Å²) in [6.45, 7) is 0.802. The Hall–Kier alpha value is -4.70. The number of carbonyl (C=O) groups excluding carboxylic acids is 1. The molecule has 0 aliphatic rings. The van der Waals surface area contributed by atoms with Gasteiger partial charge in [-0.25, -0.2) is 28.8 Å². The number of hydroxylamine groups is 1. The number of methoxy groups -OCH3 is 1. The van der Waals surface area contributed by atoms with Crippen molar-refractivity contribution in [2.45, 2.75) is 13.1 Å². The molecule has 3 heterocycles. The molecule has 2 aromatic carbocycles. The van der Waals surface area contributed by atoms with Crippen LogP contribution in [-0.2, 0) is 29.7 Å². The van der Waals surface area contributed by atoms with Crippen molar-refractivity contribution in [3.05, 3.63) is 98.5 Å².